The highest BCUT2D eigenvalue weighted by Crippen LogP contribution is 2.38. The predicted octanol–water partition coefficient (Wildman–Crippen LogP) is 3.19. The van der Waals surface area contributed by atoms with Gasteiger partial charge in [0.15, 0.2) is 0 Å². The van der Waals surface area contributed by atoms with Gasteiger partial charge in [0.05, 0.1) is 21.3 Å². The van der Waals surface area contributed by atoms with Crippen molar-refractivity contribution < 1.29 is 9.59 Å². The average molecular weight is 376 g/mol. The highest BCUT2D eigenvalue weighted by molar-refractivity contribution is 9.11. The fourth-order valence-corrected chi connectivity index (χ4v) is 3.19. The lowest BCUT2D eigenvalue weighted by Crippen LogP contribution is -2.30. The van der Waals surface area contributed by atoms with Crippen LogP contribution in [0.15, 0.2) is 15.0 Å². The van der Waals surface area contributed by atoms with Crippen LogP contribution in [0.3, 0.4) is 0 Å². The maximum Gasteiger partial charge on any atom is 0.262 e. The van der Waals surface area contributed by atoms with Gasteiger partial charge in [0, 0.05) is 11.0 Å². The highest BCUT2D eigenvalue weighted by Gasteiger charge is 2.37. The Bertz CT molecular complexity index is 543. The number of anilines is 1. The number of imide groups is 1. The minimum atomic E-state index is -0.269. The largest absolute Gasteiger partial charge is 0.397 e. The molecule has 0 saturated heterocycles. The molecule has 96 valence electrons. The monoisotopic (exact) mass is 374 g/mol. The Labute approximate surface area is 122 Å². The van der Waals surface area contributed by atoms with E-state index in [1.165, 1.54) is 4.90 Å². The van der Waals surface area contributed by atoms with Gasteiger partial charge in [-0.3, -0.25) is 14.5 Å². The molecule has 0 aromatic heterocycles. The first-order chi connectivity index (χ1) is 8.49. The van der Waals surface area contributed by atoms with Gasteiger partial charge < -0.3 is 5.73 Å². The maximum absolute atomic E-state index is 12.2. The van der Waals surface area contributed by atoms with Gasteiger partial charge in [0.25, 0.3) is 11.8 Å². The molecule has 0 radical (unpaired) electrons. The fraction of sp³-hybridized carbons (Fsp3) is 0.333. The third kappa shape index (κ3) is 1.97. The first-order valence-electron chi connectivity index (χ1n) is 5.62. The Hall–Kier alpha value is -0.880. The zero-order valence-corrected chi connectivity index (χ0v) is 13.0. The molecule has 1 aromatic rings. The zero-order valence-electron chi connectivity index (χ0n) is 9.80. The van der Waals surface area contributed by atoms with Crippen LogP contribution < -0.4 is 5.73 Å². The smallest absolute Gasteiger partial charge is 0.262 e. The Morgan fingerprint density at radius 1 is 1.28 bits per heavy atom. The van der Waals surface area contributed by atoms with Gasteiger partial charge in [-0.25, -0.2) is 0 Å². The van der Waals surface area contributed by atoms with E-state index in [9.17, 15) is 9.59 Å². The molecule has 18 heavy (non-hydrogen) atoms. The van der Waals surface area contributed by atoms with E-state index >= 15 is 0 Å². The van der Waals surface area contributed by atoms with Crippen LogP contribution in [0.1, 0.15) is 40.5 Å². The van der Waals surface area contributed by atoms with Crippen molar-refractivity contribution in [3.8, 4) is 0 Å². The molecular weight excluding hydrogens is 364 g/mol. The molecule has 1 aromatic carbocycles. The lowest BCUT2D eigenvalue weighted by molar-refractivity contribution is 0.0652. The number of hydrogen-bond acceptors (Lipinski definition) is 3. The standard InChI is InChI=1S/C12H12Br2N2O2/c1-2-3-4-16-11(17)6-5-7(13)10(15)9(14)8(6)12(16)18/h5H,2-4,15H2,1H3. The van der Waals surface area contributed by atoms with Crippen molar-refractivity contribution in [3.63, 3.8) is 0 Å². The lowest BCUT2D eigenvalue weighted by atomic mass is 10.1. The van der Waals surface area contributed by atoms with Crippen LogP contribution in [0.25, 0.3) is 0 Å². The molecule has 0 bridgehead atoms. The Morgan fingerprint density at radius 2 is 1.94 bits per heavy atom. The number of hydrogen-bond donors (Lipinski definition) is 1. The van der Waals surface area contributed by atoms with Crippen LogP contribution in [-0.4, -0.2) is 23.3 Å². The summed E-state index contributed by atoms with van der Waals surface area (Å²) in [6, 6.07) is 1.61. The molecule has 0 fully saturated rings. The highest BCUT2D eigenvalue weighted by atomic mass is 79.9. The summed E-state index contributed by atoms with van der Waals surface area (Å²) in [6.45, 7) is 2.47. The molecule has 0 aliphatic carbocycles. The number of rotatable bonds is 3. The minimum absolute atomic E-state index is 0.246. The van der Waals surface area contributed by atoms with Gasteiger partial charge in [-0.1, -0.05) is 13.3 Å². The topological polar surface area (TPSA) is 63.4 Å². The number of halogens is 2. The van der Waals surface area contributed by atoms with Crippen LogP contribution in [-0.2, 0) is 0 Å². The number of nitrogen functional groups attached to an aromatic ring is 1. The second-order valence-electron chi connectivity index (χ2n) is 4.12. The number of fused-ring (bicyclic) bond motifs is 1. The Morgan fingerprint density at radius 3 is 2.56 bits per heavy atom. The fourth-order valence-electron chi connectivity index (χ4n) is 1.90. The third-order valence-corrected chi connectivity index (χ3v) is 4.40. The first kappa shape index (κ1) is 13.5. The second-order valence-corrected chi connectivity index (χ2v) is 5.77. The van der Waals surface area contributed by atoms with Crippen molar-refractivity contribution in [3.05, 3.63) is 26.1 Å². The molecule has 2 rings (SSSR count). The van der Waals surface area contributed by atoms with E-state index in [1.807, 2.05) is 6.92 Å². The average Bonchev–Trinajstić information content (AvgIpc) is 2.57. The Balaban J connectivity index is 2.49. The van der Waals surface area contributed by atoms with Gasteiger partial charge in [-0.05, 0) is 44.3 Å². The van der Waals surface area contributed by atoms with E-state index in [0.29, 0.717) is 32.3 Å². The quantitative estimate of drug-likeness (QED) is 0.651. The molecule has 1 aliphatic heterocycles. The van der Waals surface area contributed by atoms with Crippen LogP contribution in [0.2, 0.25) is 0 Å². The van der Waals surface area contributed by atoms with Crippen LogP contribution in [0.5, 0.6) is 0 Å². The van der Waals surface area contributed by atoms with Gasteiger partial charge in [-0.2, -0.15) is 0 Å². The van der Waals surface area contributed by atoms with Gasteiger partial charge in [0.1, 0.15) is 0 Å². The van der Waals surface area contributed by atoms with Crippen molar-refractivity contribution >= 4 is 49.4 Å². The second kappa shape index (κ2) is 5.01. The molecular formula is C12H12Br2N2O2. The molecule has 0 spiro atoms. The lowest BCUT2D eigenvalue weighted by Gasteiger charge is -2.12. The normalized spacial score (nSPS) is 14.3. The van der Waals surface area contributed by atoms with Crippen LogP contribution in [0.4, 0.5) is 5.69 Å². The number of amides is 2. The van der Waals surface area contributed by atoms with E-state index in [4.69, 9.17) is 5.73 Å². The summed E-state index contributed by atoms with van der Waals surface area (Å²) in [5.41, 5.74) is 7.05. The van der Waals surface area contributed by atoms with Crippen LogP contribution in [0, 0.1) is 0 Å². The van der Waals surface area contributed by atoms with Gasteiger partial charge in [-0.15, -0.1) is 0 Å². The molecule has 2 amide bonds. The summed E-state index contributed by atoms with van der Waals surface area (Å²) in [4.78, 5) is 25.6. The summed E-state index contributed by atoms with van der Waals surface area (Å²) in [5.74, 6) is -0.514. The molecule has 6 heteroatoms. The van der Waals surface area contributed by atoms with E-state index in [0.717, 1.165) is 12.8 Å². The maximum atomic E-state index is 12.2. The van der Waals surface area contributed by atoms with Crippen molar-refractivity contribution in [2.45, 2.75) is 19.8 Å². The molecule has 0 saturated carbocycles. The number of nitrogens with two attached hydrogens (primary N) is 1. The summed E-state index contributed by atoms with van der Waals surface area (Å²) in [7, 11) is 0. The van der Waals surface area contributed by atoms with Crippen molar-refractivity contribution in [1.82, 2.24) is 4.90 Å². The van der Waals surface area contributed by atoms with Gasteiger partial charge in [0.2, 0.25) is 0 Å². The van der Waals surface area contributed by atoms with Crippen LogP contribution >= 0.6 is 31.9 Å². The van der Waals surface area contributed by atoms with E-state index in [-0.39, 0.29) is 11.8 Å². The van der Waals surface area contributed by atoms with E-state index in [2.05, 4.69) is 31.9 Å². The van der Waals surface area contributed by atoms with Crippen molar-refractivity contribution in [1.29, 1.82) is 0 Å². The summed E-state index contributed by atoms with van der Waals surface area (Å²) < 4.78 is 1.11. The molecule has 1 aliphatic rings. The number of nitrogens with zero attached hydrogens (tertiary/aromatic N) is 1. The number of benzene rings is 1. The first-order valence-corrected chi connectivity index (χ1v) is 7.21. The Kier molecular flexibility index (Phi) is 3.77. The van der Waals surface area contributed by atoms with Gasteiger partial charge >= 0.3 is 0 Å². The molecule has 2 N–H and O–H groups in total. The molecule has 0 unspecified atom stereocenters. The summed E-state index contributed by atoms with van der Waals surface area (Å²) in [5, 5.41) is 0. The number of carbonyl (C=O) groups excluding carboxylic acids is 2. The molecule has 1 heterocycles. The molecule has 4 nitrogen and oxygen atoms in total. The van der Waals surface area contributed by atoms with E-state index in [1.54, 1.807) is 6.07 Å². The zero-order chi connectivity index (χ0) is 13.4. The molecule has 0 atom stereocenters. The minimum Gasteiger partial charge on any atom is -0.397 e. The predicted molar refractivity (Wildman–Crippen MR) is 76.5 cm³/mol. The van der Waals surface area contributed by atoms with E-state index < -0.39 is 0 Å². The number of carbonyl (C=O) groups is 2. The summed E-state index contributed by atoms with van der Waals surface area (Å²) >= 11 is 6.57. The third-order valence-electron chi connectivity index (χ3n) is 2.92. The SMILES string of the molecule is CCCCN1C(=O)c2cc(Br)c(N)c(Br)c2C1=O. The van der Waals surface area contributed by atoms with Crippen molar-refractivity contribution in [2.75, 3.05) is 12.3 Å². The van der Waals surface area contributed by atoms with Crippen molar-refractivity contribution in [2.24, 2.45) is 0 Å². The summed E-state index contributed by atoms with van der Waals surface area (Å²) in [6.07, 6.45) is 1.74. The number of unbranched alkanes of at least 4 members (excludes halogenated alkanes) is 1.